The lowest BCUT2D eigenvalue weighted by molar-refractivity contribution is 0.195. The van der Waals surface area contributed by atoms with Crippen LogP contribution in [0.3, 0.4) is 0 Å². The number of hydrogen-bond acceptors (Lipinski definition) is 2. The summed E-state index contributed by atoms with van der Waals surface area (Å²) in [6.07, 6.45) is 4.06. The second kappa shape index (κ2) is 4.28. The zero-order valence-electron chi connectivity index (χ0n) is 8.67. The molecule has 0 aliphatic rings. The van der Waals surface area contributed by atoms with Gasteiger partial charge in [-0.15, -0.1) is 0 Å². The van der Waals surface area contributed by atoms with Gasteiger partial charge in [0, 0.05) is 12.4 Å². The van der Waals surface area contributed by atoms with E-state index in [1.165, 1.54) is 0 Å². The number of rotatable bonds is 3. The molecule has 1 N–H and O–H groups in total. The highest BCUT2D eigenvalue weighted by molar-refractivity contribution is 5.33. The molecule has 0 saturated carbocycles. The van der Waals surface area contributed by atoms with Crippen molar-refractivity contribution in [1.29, 1.82) is 0 Å². The van der Waals surface area contributed by atoms with Gasteiger partial charge in [0.15, 0.2) is 0 Å². The third-order valence-electron chi connectivity index (χ3n) is 2.24. The monoisotopic (exact) mass is 202 g/mol. The molecular formula is C12H14N2O. The summed E-state index contributed by atoms with van der Waals surface area (Å²) in [5.74, 6) is 0. The van der Waals surface area contributed by atoms with Gasteiger partial charge in [-0.1, -0.05) is 12.1 Å². The molecule has 3 heteroatoms. The number of hydrogen-bond donors (Lipinski definition) is 1. The Kier molecular flexibility index (Phi) is 2.83. The van der Waals surface area contributed by atoms with Gasteiger partial charge in [-0.2, -0.15) is 5.10 Å². The summed E-state index contributed by atoms with van der Waals surface area (Å²) in [7, 11) is 0. The normalized spacial score (nSPS) is 12.7. The fourth-order valence-corrected chi connectivity index (χ4v) is 1.55. The van der Waals surface area contributed by atoms with Gasteiger partial charge in [-0.05, 0) is 37.1 Å². The molecule has 3 nitrogen and oxygen atoms in total. The third-order valence-corrected chi connectivity index (χ3v) is 2.24. The van der Waals surface area contributed by atoms with E-state index in [2.05, 4.69) is 5.10 Å². The summed E-state index contributed by atoms with van der Waals surface area (Å²) >= 11 is 0. The maximum Gasteiger partial charge on any atom is 0.0645 e. The van der Waals surface area contributed by atoms with Gasteiger partial charge in [0.2, 0.25) is 0 Å². The highest BCUT2D eigenvalue weighted by atomic mass is 16.3. The lowest BCUT2D eigenvalue weighted by Crippen LogP contribution is -2.04. The van der Waals surface area contributed by atoms with Crippen LogP contribution >= 0.6 is 0 Å². The first-order valence-electron chi connectivity index (χ1n) is 5.03. The van der Waals surface area contributed by atoms with Crippen LogP contribution < -0.4 is 0 Å². The van der Waals surface area contributed by atoms with Crippen LogP contribution in [-0.2, 0) is 6.42 Å². The Balaban J connectivity index is 2.17. The maximum absolute atomic E-state index is 9.24. The number of aliphatic hydroxyl groups excluding tert-OH is 1. The average Bonchev–Trinajstić information content (AvgIpc) is 2.71. The van der Waals surface area contributed by atoms with E-state index in [-0.39, 0.29) is 6.10 Å². The van der Waals surface area contributed by atoms with Gasteiger partial charge in [0.1, 0.15) is 0 Å². The van der Waals surface area contributed by atoms with Crippen LogP contribution in [-0.4, -0.2) is 21.0 Å². The van der Waals surface area contributed by atoms with E-state index in [1.807, 2.05) is 41.2 Å². The van der Waals surface area contributed by atoms with E-state index in [0.29, 0.717) is 6.42 Å². The van der Waals surface area contributed by atoms with Crippen molar-refractivity contribution in [2.24, 2.45) is 0 Å². The molecule has 15 heavy (non-hydrogen) atoms. The minimum absolute atomic E-state index is 0.291. The van der Waals surface area contributed by atoms with Gasteiger partial charge >= 0.3 is 0 Å². The largest absolute Gasteiger partial charge is 0.393 e. The molecule has 0 saturated heterocycles. The first-order valence-corrected chi connectivity index (χ1v) is 5.03. The van der Waals surface area contributed by atoms with Crippen molar-refractivity contribution in [3.8, 4) is 5.69 Å². The highest BCUT2D eigenvalue weighted by Gasteiger charge is 2.00. The van der Waals surface area contributed by atoms with Crippen LogP contribution in [0.15, 0.2) is 42.7 Å². The summed E-state index contributed by atoms with van der Waals surface area (Å²) in [6, 6.07) is 9.94. The quantitative estimate of drug-likeness (QED) is 0.824. The minimum Gasteiger partial charge on any atom is -0.393 e. The summed E-state index contributed by atoms with van der Waals surface area (Å²) in [5, 5.41) is 13.4. The number of aromatic nitrogens is 2. The lowest BCUT2D eigenvalue weighted by atomic mass is 10.1. The molecule has 0 bridgehead atoms. The summed E-state index contributed by atoms with van der Waals surface area (Å²) in [4.78, 5) is 0. The molecule has 0 fully saturated rings. The highest BCUT2D eigenvalue weighted by Crippen LogP contribution is 2.10. The van der Waals surface area contributed by atoms with Crippen LogP contribution in [0.5, 0.6) is 0 Å². The number of benzene rings is 1. The second-order valence-corrected chi connectivity index (χ2v) is 3.67. The van der Waals surface area contributed by atoms with Crippen molar-refractivity contribution in [3.63, 3.8) is 0 Å². The smallest absolute Gasteiger partial charge is 0.0645 e. The molecule has 0 spiro atoms. The standard InChI is InChI=1S/C12H14N2O/c1-10(15)9-11-3-5-12(6-4-11)14-8-2-7-13-14/h2-8,10,15H,9H2,1H3/t10-/m1/s1. The van der Waals surface area contributed by atoms with Crippen molar-refractivity contribution in [2.45, 2.75) is 19.4 Å². The number of nitrogens with zero attached hydrogens (tertiary/aromatic N) is 2. The molecule has 2 rings (SSSR count). The Bertz CT molecular complexity index is 404. The summed E-state index contributed by atoms with van der Waals surface area (Å²) < 4.78 is 1.81. The predicted octanol–water partition coefficient (Wildman–Crippen LogP) is 1.80. The summed E-state index contributed by atoms with van der Waals surface area (Å²) in [5.41, 5.74) is 2.18. The minimum atomic E-state index is -0.291. The fourth-order valence-electron chi connectivity index (χ4n) is 1.55. The first-order chi connectivity index (χ1) is 7.25. The van der Waals surface area contributed by atoms with Gasteiger partial charge in [-0.3, -0.25) is 0 Å². The van der Waals surface area contributed by atoms with Gasteiger partial charge in [-0.25, -0.2) is 4.68 Å². The summed E-state index contributed by atoms with van der Waals surface area (Å²) in [6.45, 7) is 1.79. The molecule has 1 heterocycles. The van der Waals surface area contributed by atoms with E-state index in [9.17, 15) is 5.11 Å². The molecule has 0 aliphatic carbocycles. The van der Waals surface area contributed by atoms with Crippen LogP contribution in [0.1, 0.15) is 12.5 Å². The van der Waals surface area contributed by atoms with Crippen LogP contribution in [0, 0.1) is 0 Å². The fraction of sp³-hybridized carbons (Fsp3) is 0.250. The molecule has 0 unspecified atom stereocenters. The van der Waals surface area contributed by atoms with E-state index < -0.39 is 0 Å². The average molecular weight is 202 g/mol. The van der Waals surface area contributed by atoms with E-state index in [4.69, 9.17) is 0 Å². The molecule has 2 aromatic rings. The Labute approximate surface area is 89.0 Å². The Hall–Kier alpha value is -1.61. The molecule has 0 amide bonds. The molecule has 78 valence electrons. The van der Waals surface area contributed by atoms with Gasteiger partial charge in [0.05, 0.1) is 11.8 Å². The SMILES string of the molecule is C[C@@H](O)Cc1ccc(-n2cccn2)cc1. The van der Waals surface area contributed by atoms with Crippen LogP contribution in [0.4, 0.5) is 0 Å². The Morgan fingerprint density at radius 3 is 2.60 bits per heavy atom. The predicted molar refractivity (Wildman–Crippen MR) is 58.9 cm³/mol. The second-order valence-electron chi connectivity index (χ2n) is 3.67. The van der Waals surface area contributed by atoms with E-state index in [0.717, 1.165) is 11.3 Å². The molecule has 1 aromatic carbocycles. The number of aliphatic hydroxyl groups is 1. The zero-order chi connectivity index (χ0) is 10.7. The Morgan fingerprint density at radius 2 is 2.07 bits per heavy atom. The van der Waals surface area contributed by atoms with Gasteiger partial charge < -0.3 is 5.11 Å². The van der Waals surface area contributed by atoms with E-state index >= 15 is 0 Å². The van der Waals surface area contributed by atoms with Crippen molar-refractivity contribution in [2.75, 3.05) is 0 Å². The topological polar surface area (TPSA) is 38.0 Å². The molecule has 0 aliphatic heterocycles. The van der Waals surface area contributed by atoms with Crippen LogP contribution in [0.25, 0.3) is 5.69 Å². The van der Waals surface area contributed by atoms with E-state index in [1.54, 1.807) is 13.1 Å². The van der Waals surface area contributed by atoms with Crippen molar-refractivity contribution >= 4 is 0 Å². The van der Waals surface area contributed by atoms with Gasteiger partial charge in [0.25, 0.3) is 0 Å². The zero-order valence-corrected chi connectivity index (χ0v) is 8.67. The van der Waals surface area contributed by atoms with Crippen LogP contribution in [0.2, 0.25) is 0 Å². The molecular weight excluding hydrogens is 188 g/mol. The third kappa shape index (κ3) is 2.44. The lowest BCUT2D eigenvalue weighted by Gasteiger charge is -2.05. The molecule has 0 radical (unpaired) electrons. The maximum atomic E-state index is 9.24. The van der Waals surface area contributed by atoms with Crippen molar-refractivity contribution in [1.82, 2.24) is 9.78 Å². The van der Waals surface area contributed by atoms with Crippen molar-refractivity contribution < 1.29 is 5.11 Å². The molecule has 1 aromatic heterocycles. The molecule has 1 atom stereocenters. The Morgan fingerprint density at radius 1 is 1.33 bits per heavy atom. The van der Waals surface area contributed by atoms with Crippen molar-refractivity contribution in [3.05, 3.63) is 48.3 Å². The first kappa shape index (κ1) is 9.93.